The summed E-state index contributed by atoms with van der Waals surface area (Å²) >= 11 is 0. The lowest BCUT2D eigenvalue weighted by atomic mass is 9.93. The smallest absolute Gasteiger partial charge is 0.245 e. The summed E-state index contributed by atoms with van der Waals surface area (Å²) in [7, 11) is 0. The SMILES string of the molecule is Cc1ccccc1N1CCC(N2CCC[C@H](CNC(=O)CO)C2)CC1. The Kier molecular flexibility index (Phi) is 6.32. The number of hydrogen-bond donors (Lipinski definition) is 2. The molecule has 5 nitrogen and oxygen atoms in total. The summed E-state index contributed by atoms with van der Waals surface area (Å²) in [5.74, 6) is 0.252. The van der Waals surface area contributed by atoms with Gasteiger partial charge < -0.3 is 15.3 Å². The Balaban J connectivity index is 1.49. The van der Waals surface area contributed by atoms with E-state index in [1.165, 1.54) is 43.5 Å². The first kappa shape index (κ1) is 18.2. The lowest BCUT2D eigenvalue weighted by Gasteiger charge is -2.43. The van der Waals surface area contributed by atoms with Gasteiger partial charge in [0.05, 0.1) is 0 Å². The topological polar surface area (TPSA) is 55.8 Å². The van der Waals surface area contributed by atoms with Crippen molar-refractivity contribution in [2.75, 3.05) is 44.2 Å². The summed E-state index contributed by atoms with van der Waals surface area (Å²) in [6, 6.07) is 9.32. The van der Waals surface area contributed by atoms with Crippen molar-refractivity contribution < 1.29 is 9.90 Å². The summed E-state index contributed by atoms with van der Waals surface area (Å²) in [4.78, 5) is 16.4. The quantitative estimate of drug-likeness (QED) is 0.854. The molecule has 1 amide bonds. The maximum atomic E-state index is 11.3. The normalized spacial score (nSPS) is 22.8. The Morgan fingerprint density at radius 1 is 1.20 bits per heavy atom. The van der Waals surface area contributed by atoms with E-state index < -0.39 is 6.61 Å². The molecule has 0 bridgehead atoms. The predicted octanol–water partition coefficient (Wildman–Crippen LogP) is 1.78. The highest BCUT2D eigenvalue weighted by Crippen LogP contribution is 2.27. The third kappa shape index (κ3) is 4.73. The molecule has 2 saturated heterocycles. The number of aliphatic hydroxyl groups excluding tert-OH is 1. The number of nitrogens with zero attached hydrogens (tertiary/aromatic N) is 2. The van der Waals surface area contributed by atoms with Crippen LogP contribution in [0.3, 0.4) is 0 Å². The lowest BCUT2D eigenvalue weighted by Crippen LogP contribution is -2.50. The average Bonchev–Trinajstić information content (AvgIpc) is 2.67. The molecule has 2 N–H and O–H groups in total. The van der Waals surface area contributed by atoms with Crippen LogP contribution in [0.2, 0.25) is 0 Å². The van der Waals surface area contributed by atoms with Crippen molar-refractivity contribution in [1.82, 2.24) is 10.2 Å². The molecular formula is C20H31N3O2. The summed E-state index contributed by atoms with van der Waals surface area (Å²) in [5, 5.41) is 11.7. The number of amides is 1. The van der Waals surface area contributed by atoms with Gasteiger partial charge in [-0.05, 0) is 56.7 Å². The number of anilines is 1. The molecule has 0 radical (unpaired) electrons. The molecule has 138 valence electrons. The molecule has 0 unspecified atom stereocenters. The van der Waals surface area contributed by atoms with Gasteiger partial charge in [0.1, 0.15) is 6.61 Å². The number of benzene rings is 1. The van der Waals surface area contributed by atoms with Gasteiger partial charge in [-0.15, -0.1) is 0 Å². The standard InChI is InChI=1S/C20H31N3O2/c1-16-5-2-3-7-19(16)22-11-8-18(9-12-22)23-10-4-6-17(14-23)13-21-20(25)15-24/h2-3,5,7,17-18,24H,4,6,8-15H2,1H3,(H,21,25)/t17-/m1/s1. The summed E-state index contributed by atoms with van der Waals surface area (Å²) in [5.41, 5.74) is 2.74. The molecule has 1 aromatic carbocycles. The first-order valence-electron chi connectivity index (χ1n) is 9.59. The Morgan fingerprint density at radius 3 is 2.68 bits per heavy atom. The zero-order valence-electron chi connectivity index (χ0n) is 15.3. The van der Waals surface area contributed by atoms with E-state index in [4.69, 9.17) is 5.11 Å². The van der Waals surface area contributed by atoms with Crippen LogP contribution >= 0.6 is 0 Å². The number of hydrogen-bond acceptors (Lipinski definition) is 4. The summed E-state index contributed by atoms with van der Waals surface area (Å²) in [6.45, 7) is 6.97. The van der Waals surface area contributed by atoms with Gasteiger partial charge in [-0.2, -0.15) is 0 Å². The van der Waals surface area contributed by atoms with E-state index in [2.05, 4.69) is 46.3 Å². The maximum Gasteiger partial charge on any atom is 0.245 e. The van der Waals surface area contributed by atoms with E-state index in [9.17, 15) is 4.79 Å². The van der Waals surface area contributed by atoms with Gasteiger partial charge in [-0.3, -0.25) is 9.69 Å². The van der Waals surface area contributed by atoms with Gasteiger partial charge in [0.15, 0.2) is 0 Å². The van der Waals surface area contributed by atoms with Crippen molar-refractivity contribution in [2.24, 2.45) is 5.92 Å². The second-order valence-electron chi connectivity index (χ2n) is 7.47. The first-order chi connectivity index (χ1) is 12.2. The highest BCUT2D eigenvalue weighted by molar-refractivity contribution is 5.76. The van der Waals surface area contributed by atoms with Gasteiger partial charge >= 0.3 is 0 Å². The van der Waals surface area contributed by atoms with Crippen molar-refractivity contribution in [3.05, 3.63) is 29.8 Å². The van der Waals surface area contributed by atoms with Crippen LogP contribution in [0.5, 0.6) is 0 Å². The van der Waals surface area contributed by atoms with E-state index >= 15 is 0 Å². The van der Waals surface area contributed by atoms with Crippen LogP contribution in [0, 0.1) is 12.8 Å². The molecule has 1 aromatic rings. The van der Waals surface area contributed by atoms with Crippen LogP contribution in [-0.2, 0) is 4.79 Å². The lowest BCUT2D eigenvalue weighted by molar-refractivity contribution is -0.124. The molecule has 25 heavy (non-hydrogen) atoms. The summed E-state index contributed by atoms with van der Waals surface area (Å²) < 4.78 is 0. The summed E-state index contributed by atoms with van der Waals surface area (Å²) in [6.07, 6.45) is 4.80. The maximum absolute atomic E-state index is 11.3. The second kappa shape index (κ2) is 8.68. The van der Waals surface area contributed by atoms with Crippen molar-refractivity contribution in [3.8, 4) is 0 Å². The molecule has 3 rings (SSSR count). The van der Waals surface area contributed by atoms with Crippen LogP contribution in [0.1, 0.15) is 31.2 Å². The number of rotatable bonds is 5. The van der Waals surface area contributed by atoms with E-state index in [-0.39, 0.29) is 5.91 Å². The van der Waals surface area contributed by atoms with Crippen LogP contribution < -0.4 is 10.2 Å². The number of para-hydroxylation sites is 1. The number of likely N-dealkylation sites (tertiary alicyclic amines) is 1. The van der Waals surface area contributed by atoms with Crippen LogP contribution in [0.4, 0.5) is 5.69 Å². The Hall–Kier alpha value is -1.59. The molecule has 0 spiro atoms. The first-order valence-corrected chi connectivity index (χ1v) is 9.59. The largest absolute Gasteiger partial charge is 0.387 e. The number of nitrogens with one attached hydrogen (secondary N) is 1. The fourth-order valence-corrected chi connectivity index (χ4v) is 4.30. The minimum absolute atomic E-state index is 0.260. The van der Waals surface area contributed by atoms with Crippen molar-refractivity contribution in [3.63, 3.8) is 0 Å². The van der Waals surface area contributed by atoms with Gasteiger partial charge in [-0.1, -0.05) is 18.2 Å². The van der Waals surface area contributed by atoms with E-state index in [0.717, 1.165) is 19.6 Å². The Morgan fingerprint density at radius 2 is 1.96 bits per heavy atom. The van der Waals surface area contributed by atoms with Crippen molar-refractivity contribution >= 4 is 11.6 Å². The molecule has 1 atom stereocenters. The zero-order valence-corrected chi connectivity index (χ0v) is 15.3. The fraction of sp³-hybridized carbons (Fsp3) is 0.650. The third-order valence-electron chi connectivity index (χ3n) is 5.72. The number of aliphatic hydroxyl groups is 1. The Labute approximate surface area is 151 Å². The van der Waals surface area contributed by atoms with Crippen LogP contribution in [-0.4, -0.2) is 61.3 Å². The Bertz CT molecular complexity index is 570. The highest BCUT2D eigenvalue weighted by atomic mass is 16.3. The molecule has 0 aliphatic carbocycles. The van der Waals surface area contributed by atoms with E-state index in [1.54, 1.807) is 0 Å². The second-order valence-corrected chi connectivity index (χ2v) is 7.47. The molecule has 2 aliphatic rings. The molecule has 2 aliphatic heterocycles. The number of carbonyl (C=O) groups excluding carboxylic acids is 1. The van der Waals surface area contributed by atoms with Gasteiger partial charge in [0.25, 0.3) is 0 Å². The third-order valence-corrected chi connectivity index (χ3v) is 5.72. The van der Waals surface area contributed by atoms with Crippen molar-refractivity contribution in [2.45, 2.75) is 38.6 Å². The molecule has 0 aromatic heterocycles. The molecular weight excluding hydrogens is 314 g/mol. The van der Waals surface area contributed by atoms with E-state index in [1.807, 2.05) is 0 Å². The molecule has 0 saturated carbocycles. The number of piperidine rings is 2. The van der Waals surface area contributed by atoms with Gasteiger partial charge in [0, 0.05) is 37.9 Å². The molecule has 2 fully saturated rings. The van der Waals surface area contributed by atoms with E-state index in [0.29, 0.717) is 18.5 Å². The fourth-order valence-electron chi connectivity index (χ4n) is 4.30. The zero-order chi connectivity index (χ0) is 17.6. The minimum Gasteiger partial charge on any atom is -0.387 e. The molecule has 2 heterocycles. The van der Waals surface area contributed by atoms with Crippen molar-refractivity contribution in [1.29, 1.82) is 0 Å². The minimum atomic E-state index is -0.409. The number of aryl methyl sites for hydroxylation is 1. The van der Waals surface area contributed by atoms with Crippen LogP contribution in [0.15, 0.2) is 24.3 Å². The monoisotopic (exact) mass is 345 g/mol. The highest BCUT2D eigenvalue weighted by Gasteiger charge is 2.29. The van der Waals surface area contributed by atoms with Gasteiger partial charge in [-0.25, -0.2) is 0 Å². The van der Waals surface area contributed by atoms with Gasteiger partial charge in [0.2, 0.25) is 5.91 Å². The van der Waals surface area contributed by atoms with Crippen LogP contribution in [0.25, 0.3) is 0 Å². The average molecular weight is 345 g/mol. The molecule has 5 heteroatoms. The number of carbonyl (C=O) groups is 1. The predicted molar refractivity (Wildman–Crippen MR) is 101 cm³/mol.